The molecule has 9 heavy (non-hydrogen) atoms. The van der Waals surface area contributed by atoms with Gasteiger partial charge in [0.25, 0.3) is 0 Å². The molecule has 0 saturated carbocycles. The molecule has 0 aromatic heterocycles. The summed E-state index contributed by atoms with van der Waals surface area (Å²) >= 11 is 0. The minimum absolute atomic E-state index is 0.517. The third kappa shape index (κ3) is 1.64. The van der Waals surface area contributed by atoms with E-state index in [-0.39, 0.29) is 0 Å². The van der Waals surface area contributed by atoms with E-state index in [9.17, 15) is 0 Å². The zero-order chi connectivity index (χ0) is 6.69. The van der Waals surface area contributed by atoms with Crippen molar-refractivity contribution < 1.29 is 4.74 Å². The largest absolute Gasteiger partial charge is 0.378 e. The van der Waals surface area contributed by atoms with Crippen LogP contribution in [0.5, 0.6) is 0 Å². The molecule has 1 aliphatic rings. The van der Waals surface area contributed by atoms with Crippen LogP contribution in [0.15, 0.2) is 0 Å². The molecule has 0 aliphatic carbocycles. The molecule has 54 valence electrons. The molecule has 1 aliphatic heterocycles. The summed E-state index contributed by atoms with van der Waals surface area (Å²) in [4.78, 5) is 0. The van der Waals surface area contributed by atoms with Crippen LogP contribution in [0.3, 0.4) is 0 Å². The Labute approximate surface area is 56.0 Å². The van der Waals surface area contributed by atoms with Gasteiger partial charge in [0, 0.05) is 12.6 Å². The Morgan fingerprint density at radius 3 is 2.89 bits per heavy atom. The van der Waals surface area contributed by atoms with Gasteiger partial charge in [0.15, 0.2) is 0 Å². The van der Waals surface area contributed by atoms with Crippen LogP contribution in [0, 0.1) is 0 Å². The lowest BCUT2D eigenvalue weighted by Crippen LogP contribution is -2.49. The fraction of sp³-hybridized carbons (Fsp3) is 1.00. The van der Waals surface area contributed by atoms with E-state index in [4.69, 9.17) is 4.74 Å². The first-order chi connectivity index (χ1) is 4.34. The van der Waals surface area contributed by atoms with Crippen LogP contribution >= 0.6 is 0 Å². The van der Waals surface area contributed by atoms with E-state index in [0.29, 0.717) is 6.04 Å². The standard InChI is InChI=1S/C6H14N2O/c1-6-5-9-4-3-8(6)7-2/h6-7H,3-5H2,1-2H3/t6-/m1/s1. The van der Waals surface area contributed by atoms with Gasteiger partial charge in [-0.3, -0.25) is 5.43 Å². The Morgan fingerprint density at radius 2 is 2.44 bits per heavy atom. The Morgan fingerprint density at radius 1 is 1.67 bits per heavy atom. The molecule has 1 atom stereocenters. The van der Waals surface area contributed by atoms with Gasteiger partial charge in [-0.15, -0.1) is 0 Å². The molecule has 0 aromatic carbocycles. The average molecular weight is 130 g/mol. The molecule has 0 spiro atoms. The maximum Gasteiger partial charge on any atom is 0.0633 e. The van der Waals surface area contributed by atoms with E-state index in [2.05, 4.69) is 17.4 Å². The highest BCUT2D eigenvalue weighted by atomic mass is 16.5. The second kappa shape index (κ2) is 3.15. The zero-order valence-corrected chi connectivity index (χ0v) is 6.05. The van der Waals surface area contributed by atoms with Crippen LogP contribution in [0.2, 0.25) is 0 Å². The van der Waals surface area contributed by atoms with Crippen molar-refractivity contribution in [3.8, 4) is 0 Å². The minimum atomic E-state index is 0.517. The molecule has 0 bridgehead atoms. The van der Waals surface area contributed by atoms with Crippen molar-refractivity contribution in [1.29, 1.82) is 0 Å². The molecule has 0 aromatic rings. The lowest BCUT2D eigenvalue weighted by molar-refractivity contribution is -0.0222. The SMILES string of the molecule is CNN1CCOC[C@H]1C. The second-order valence-corrected chi connectivity index (χ2v) is 2.34. The molecule has 0 radical (unpaired) electrons. The number of rotatable bonds is 1. The van der Waals surface area contributed by atoms with E-state index in [1.165, 1.54) is 0 Å². The number of hydrazine groups is 1. The van der Waals surface area contributed by atoms with Gasteiger partial charge in [-0.2, -0.15) is 0 Å². The highest BCUT2D eigenvalue weighted by Gasteiger charge is 2.15. The summed E-state index contributed by atoms with van der Waals surface area (Å²) in [7, 11) is 1.95. The molecule has 0 amide bonds. The predicted octanol–water partition coefficient (Wildman–Crippen LogP) is -0.159. The first-order valence-electron chi connectivity index (χ1n) is 3.36. The second-order valence-electron chi connectivity index (χ2n) is 2.34. The summed E-state index contributed by atoms with van der Waals surface area (Å²) in [5, 5.41) is 2.18. The van der Waals surface area contributed by atoms with Gasteiger partial charge in [0.05, 0.1) is 13.2 Å². The number of morpholine rings is 1. The normalized spacial score (nSPS) is 30.7. The third-order valence-electron chi connectivity index (χ3n) is 1.65. The maximum atomic E-state index is 5.23. The Kier molecular flexibility index (Phi) is 2.45. The molecule has 1 fully saturated rings. The molecule has 3 heteroatoms. The monoisotopic (exact) mass is 130 g/mol. The summed E-state index contributed by atoms with van der Waals surface area (Å²) in [6.07, 6.45) is 0. The van der Waals surface area contributed by atoms with Crippen LogP contribution in [-0.4, -0.2) is 37.9 Å². The van der Waals surface area contributed by atoms with Crippen LogP contribution in [0.4, 0.5) is 0 Å². The first kappa shape index (κ1) is 6.99. The van der Waals surface area contributed by atoms with Crippen molar-refractivity contribution in [3.05, 3.63) is 0 Å². The van der Waals surface area contributed by atoms with Crippen molar-refractivity contribution in [2.45, 2.75) is 13.0 Å². The molecular formula is C6H14N2O. The van der Waals surface area contributed by atoms with Gasteiger partial charge in [-0.05, 0) is 14.0 Å². The van der Waals surface area contributed by atoms with E-state index in [1.54, 1.807) is 0 Å². The van der Waals surface area contributed by atoms with Gasteiger partial charge in [0.2, 0.25) is 0 Å². The van der Waals surface area contributed by atoms with Crippen LogP contribution in [0.25, 0.3) is 0 Å². The van der Waals surface area contributed by atoms with Gasteiger partial charge in [-0.1, -0.05) is 0 Å². The quantitative estimate of drug-likeness (QED) is 0.534. The number of hydrogen-bond acceptors (Lipinski definition) is 3. The van der Waals surface area contributed by atoms with Gasteiger partial charge < -0.3 is 4.74 Å². The average Bonchev–Trinajstić information content (AvgIpc) is 1.89. The van der Waals surface area contributed by atoms with E-state index >= 15 is 0 Å². The highest BCUT2D eigenvalue weighted by Crippen LogP contribution is 2.00. The van der Waals surface area contributed by atoms with Gasteiger partial charge in [0.1, 0.15) is 0 Å². The molecule has 3 nitrogen and oxygen atoms in total. The maximum absolute atomic E-state index is 5.23. The molecule has 0 unspecified atom stereocenters. The Hall–Kier alpha value is -0.120. The van der Waals surface area contributed by atoms with Crippen LogP contribution < -0.4 is 5.43 Å². The first-order valence-corrected chi connectivity index (χ1v) is 3.36. The van der Waals surface area contributed by atoms with Crippen molar-refractivity contribution in [2.75, 3.05) is 26.8 Å². The topological polar surface area (TPSA) is 24.5 Å². The number of nitrogens with zero attached hydrogens (tertiary/aromatic N) is 1. The molecule has 1 N–H and O–H groups in total. The van der Waals surface area contributed by atoms with Crippen molar-refractivity contribution in [3.63, 3.8) is 0 Å². The third-order valence-corrected chi connectivity index (χ3v) is 1.65. The van der Waals surface area contributed by atoms with Crippen molar-refractivity contribution in [1.82, 2.24) is 10.4 Å². The van der Waals surface area contributed by atoms with Crippen LogP contribution in [-0.2, 0) is 4.74 Å². The Balaban J connectivity index is 2.30. The number of ether oxygens (including phenoxy) is 1. The van der Waals surface area contributed by atoms with Crippen molar-refractivity contribution in [2.24, 2.45) is 0 Å². The smallest absolute Gasteiger partial charge is 0.0633 e. The summed E-state index contributed by atoms with van der Waals surface area (Å²) in [5.41, 5.74) is 3.11. The molecule has 1 rings (SSSR count). The predicted molar refractivity (Wildman–Crippen MR) is 36.0 cm³/mol. The van der Waals surface area contributed by atoms with Gasteiger partial charge in [-0.25, -0.2) is 5.01 Å². The summed E-state index contributed by atoms with van der Waals surface area (Å²) in [5.74, 6) is 0. The lowest BCUT2D eigenvalue weighted by atomic mass is 10.3. The molecular weight excluding hydrogens is 116 g/mol. The summed E-state index contributed by atoms with van der Waals surface area (Å²) in [6, 6.07) is 0.517. The van der Waals surface area contributed by atoms with E-state index in [1.807, 2.05) is 7.05 Å². The fourth-order valence-electron chi connectivity index (χ4n) is 1.06. The van der Waals surface area contributed by atoms with Gasteiger partial charge >= 0.3 is 0 Å². The Bertz CT molecular complexity index is 87.1. The summed E-state index contributed by atoms with van der Waals surface area (Å²) < 4.78 is 5.23. The number of nitrogens with one attached hydrogen (secondary N) is 1. The van der Waals surface area contributed by atoms with E-state index < -0.39 is 0 Å². The number of hydrogen-bond donors (Lipinski definition) is 1. The van der Waals surface area contributed by atoms with Crippen molar-refractivity contribution >= 4 is 0 Å². The summed E-state index contributed by atoms with van der Waals surface area (Å²) in [6.45, 7) is 4.85. The van der Waals surface area contributed by atoms with Crippen LogP contribution in [0.1, 0.15) is 6.92 Å². The lowest BCUT2D eigenvalue weighted by Gasteiger charge is -2.31. The van der Waals surface area contributed by atoms with E-state index in [0.717, 1.165) is 19.8 Å². The highest BCUT2D eigenvalue weighted by molar-refractivity contribution is 4.65. The minimum Gasteiger partial charge on any atom is -0.378 e. The molecule has 1 saturated heterocycles. The molecule has 1 heterocycles. The fourth-order valence-corrected chi connectivity index (χ4v) is 1.06. The zero-order valence-electron chi connectivity index (χ0n) is 6.05.